The second-order valence-electron chi connectivity index (χ2n) is 6.58. The van der Waals surface area contributed by atoms with Gasteiger partial charge in [0.05, 0.1) is 17.8 Å². The second kappa shape index (κ2) is 8.71. The van der Waals surface area contributed by atoms with E-state index in [-0.39, 0.29) is 12.3 Å². The zero-order valence-electron chi connectivity index (χ0n) is 15.6. The fourth-order valence-electron chi connectivity index (χ4n) is 3.08. The molecule has 0 aliphatic carbocycles. The van der Waals surface area contributed by atoms with Gasteiger partial charge in [0.2, 0.25) is 5.91 Å². The highest BCUT2D eigenvalue weighted by Crippen LogP contribution is 2.25. The number of benzene rings is 3. The Morgan fingerprint density at radius 1 is 0.897 bits per heavy atom. The molecule has 144 valence electrons. The Labute approximate surface area is 174 Å². The van der Waals surface area contributed by atoms with Crippen molar-refractivity contribution >= 4 is 17.5 Å². The molecule has 0 bridgehead atoms. The molecule has 1 amide bonds. The molecule has 0 saturated carbocycles. The average molecular weight is 403 g/mol. The van der Waals surface area contributed by atoms with Crippen LogP contribution in [0, 0.1) is 0 Å². The summed E-state index contributed by atoms with van der Waals surface area (Å²) < 4.78 is 1.77. The Morgan fingerprint density at radius 3 is 2.24 bits per heavy atom. The van der Waals surface area contributed by atoms with Crippen LogP contribution in [-0.4, -0.2) is 20.9 Å². The van der Waals surface area contributed by atoms with E-state index in [4.69, 9.17) is 11.6 Å². The van der Waals surface area contributed by atoms with E-state index < -0.39 is 0 Å². The van der Waals surface area contributed by atoms with E-state index in [1.165, 1.54) is 0 Å². The van der Waals surface area contributed by atoms with E-state index in [1.807, 2.05) is 84.9 Å². The predicted molar refractivity (Wildman–Crippen MR) is 114 cm³/mol. The minimum absolute atomic E-state index is 0.114. The van der Waals surface area contributed by atoms with Crippen LogP contribution < -0.4 is 5.32 Å². The van der Waals surface area contributed by atoms with Crippen molar-refractivity contribution in [2.45, 2.75) is 13.0 Å². The monoisotopic (exact) mass is 402 g/mol. The van der Waals surface area contributed by atoms with E-state index in [0.29, 0.717) is 17.3 Å². The normalized spacial score (nSPS) is 10.7. The number of hydrogen-bond acceptors (Lipinski definition) is 3. The zero-order chi connectivity index (χ0) is 20.1. The molecule has 1 N–H and O–H groups in total. The largest absolute Gasteiger partial charge is 0.352 e. The number of para-hydroxylation sites is 1. The number of halogens is 1. The number of amides is 1. The maximum atomic E-state index is 12.6. The third kappa shape index (κ3) is 4.52. The summed E-state index contributed by atoms with van der Waals surface area (Å²) in [5, 5.41) is 12.2. The molecule has 0 aliphatic heterocycles. The molecule has 4 rings (SSSR count). The van der Waals surface area contributed by atoms with E-state index in [2.05, 4.69) is 15.6 Å². The lowest BCUT2D eigenvalue weighted by molar-refractivity contribution is -0.120. The maximum Gasteiger partial charge on any atom is 0.226 e. The van der Waals surface area contributed by atoms with Crippen molar-refractivity contribution in [1.82, 2.24) is 20.3 Å². The first-order chi connectivity index (χ1) is 14.2. The third-order valence-electron chi connectivity index (χ3n) is 4.52. The summed E-state index contributed by atoms with van der Waals surface area (Å²) >= 11 is 5.91. The van der Waals surface area contributed by atoms with Crippen LogP contribution in [0.1, 0.15) is 11.3 Å². The van der Waals surface area contributed by atoms with Gasteiger partial charge in [-0.2, -0.15) is 0 Å². The molecule has 0 aliphatic rings. The van der Waals surface area contributed by atoms with Gasteiger partial charge in [0.1, 0.15) is 5.69 Å². The van der Waals surface area contributed by atoms with Crippen LogP contribution in [0.15, 0.2) is 84.9 Å². The van der Waals surface area contributed by atoms with Crippen LogP contribution in [0.25, 0.3) is 16.9 Å². The molecule has 4 aromatic rings. The maximum absolute atomic E-state index is 12.6. The molecule has 0 spiro atoms. The molecule has 6 heteroatoms. The number of nitrogens with zero attached hydrogens (tertiary/aromatic N) is 3. The molecule has 29 heavy (non-hydrogen) atoms. The average Bonchev–Trinajstić information content (AvgIpc) is 3.18. The van der Waals surface area contributed by atoms with Crippen molar-refractivity contribution in [3.8, 4) is 16.9 Å². The fourth-order valence-corrected chi connectivity index (χ4v) is 3.21. The van der Waals surface area contributed by atoms with Gasteiger partial charge < -0.3 is 5.32 Å². The topological polar surface area (TPSA) is 59.8 Å². The summed E-state index contributed by atoms with van der Waals surface area (Å²) in [6, 6.07) is 27.0. The van der Waals surface area contributed by atoms with Crippen molar-refractivity contribution in [1.29, 1.82) is 0 Å². The molecule has 5 nitrogen and oxygen atoms in total. The van der Waals surface area contributed by atoms with E-state index in [9.17, 15) is 4.79 Å². The number of carbonyl (C=O) groups excluding carboxylic acids is 1. The van der Waals surface area contributed by atoms with Gasteiger partial charge in [0.15, 0.2) is 0 Å². The van der Waals surface area contributed by atoms with Crippen LogP contribution in [-0.2, 0) is 17.8 Å². The molecule has 0 unspecified atom stereocenters. The first kappa shape index (κ1) is 18.9. The molecule has 0 atom stereocenters. The van der Waals surface area contributed by atoms with Gasteiger partial charge in [-0.15, -0.1) is 5.10 Å². The van der Waals surface area contributed by atoms with Crippen molar-refractivity contribution in [3.63, 3.8) is 0 Å². The highest BCUT2D eigenvalue weighted by Gasteiger charge is 2.18. The molecule has 1 aromatic heterocycles. The standard InChI is InChI=1S/C23H19ClN4O/c24-19-13-11-17(12-14-19)16-25-22(29)15-21-23(18-7-3-1-4-8-18)28(27-26-21)20-9-5-2-6-10-20/h1-14H,15-16H2,(H,25,29). The number of nitrogens with one attached hydrogen (secondary N) is 1. The van der Waals surface area contributed by atoms with Crippen molar-refractivity contribution in [2.75, 3.05) is 0 Å². The smallest absolute Gasteiger partial charge is 0.226 e. The molecule has 0 saturated heterocycles. The van der Waals surface area contributed by atoms with E-state index >= 15 is 0 Å². The first-order valence-corrected chi connectivity index (χ1v) is 9.65. The second-order valence-corrected chi connectivity index (χ2v) is 7.01. The Morgan fingerprint density at radius 2 is 1.55 bits per heavy atom. The van der Waals surface area contributed by atoms with E-state index in [1.54, 1.807) is 4.68 Å². The minimum Gasteiger partial charge on any atom is -0.352 e. The van der Waals surface area contributed by atoms with Gasteiger partial charge in [0, 0.05) is 17.1 Å². The highest BCUT2D eigenvalue weighted by atomic mass is 35.5. The molecular formula is C23H19ClN4O. The number of aromatic nitrogens is 3. The third-order valence-corrected chi connectivity index (χ3v) is 4.77. The lowest BCUT2D eigenvalue weighted by atomic mass is 10.1. The van der Waals surface area contributed by atoms with Crippen molar-refractivity contribution in [2.24, 2.45) is 0 Å². The minimum atomic E-state index is -0.114. The number of rotatable bonds is 6. The van der Waals surface area contributed by atoms with Gasteiger partial charge in [-0.1, -0.05) is 77.5 Å². The van der Waals surface area contributed by atoms with E-state index in [0.717, 1.165) is 22.5 Å². The van der Waals surface area contributed by atoms with Crippen LogP contribution in [0.2, 0.25) is 5.02 Å². The van der Waals surface area contributed by atoms with Crippen LogP contribution in [0.4, 0.5) is 0 Å². The fraction of sp³-hybridized carbons (Fsp3) is 0.0870. The summed E-state index contributed by atoms with van der Waals surface area (Å²) in [5.74, 6) is -0.114. The molecule has 3 aromatic carbocycles. The van der Waals surface area contributed by atoms with Gasteiger partial charge in [0.25, 0.3) is 0 Å². The van der Waals surface area contributed by atoms with Gasteiger partial charge in [-0.25, -0.2) is 4.68 Å². The van der Waals surface area contributed by atoms with Gasteiger partial charge in [-0.05, 0) is 29.8 Å². The molecular weight excluding hydrogens is 384 g/mol. The lowest BCUT2D eigenvalue weighted by Crippen LogP contribution is -2.25. The van der Waals surface area contributed by atoms with Gasteiger partial charge in [-0.3, -0.25) is 4.79 Å². The summed E-state index contributed by atoms with van der Waals surface area (Å²) in [6.07, 6.45) is 0.144. The van der Waals surface area contributed by atoms with Crippen molar-refractivity contribution in [3.05, 3.63) is 101 Å². The number of hydrogen-bond donors (Lipinski definition) is 1. The Balaban J connectivity index is 1.57. The van der Waals surface area contributed by atoms with Crippen LogP contribution in [0.5, 0.6) is 0 Å². The summed E-state index contributed by atoms with van der Waals surface area (Å²) in [5.41, 5.74) is 4.29. The van der Waals surface area contributed by atoms with Crippen LogP contribution in [0.3, 0.4) is 0 Å². The van der Waals surface area contributed by atoms with Crippen LogP contribution >= 0.6 is 11.6 Å². The SMILES string of the molecule is O=C(Cc1nnn(-c2ccccc2)c1-c1ccccc1)NCc1ccc(Cl)cc1. The quantitative estimate of drug-likeness (QED) is 0.518. The highest BCUT2D eigenvalue weighted by molar-refractivity contribution is 6.30. The first-order valence-electron chi connectivity index (χ1n) is 9.27. The zero-order valence-corrected chi connectivity index (χ0v) is 16.4. The lowest BCUT2D eigenvalue weighted by Gasteiger charge is -2.09. The number of carbonyl (C=O) groups is 1. The molecule has 0 fully saturated rings. The predicted octanol–water partition coefficient (Wildman–Crippen LogP) is 4.45. The summed E-state index contributed by atoms with van der Waals surface area (Å²) in [4.78, 5) is 12.6. The Kier molecular flexibility index (Phi) is 5.68. The summed E-state index contributed by atoms with van der Waals surface area (Å²) in [6.45, 7) is 0.434. The molecule has 0 radical (unpaired) electrons. The summed E-state index contributed by atoms with van der Waals surface area (Å²) in [7, 11) is 0. The Hall–Kier alpha value is -3.44. The Bertz CT molecular complexity index is 1090. The van der Waals surface area contributed by atoms with Crippen molar-refractivity contribution < 1.29 is 4.79 Å². The van der Waals surface area contributed by atoms with Gasteiger partial charge >= 0.3 is 0 Å². The molecule has 1 heterocycles.